The first-order valence-corrected chi connectivity index (χ1v) is 7.02. The topological polar surface area (TPSA) is 38.7 Å². The summed E-state index contributed by atoms with van der Waals surface area (Å²) in [5.74, 6) is 0. The lowest BCUT2D eigenvalue weighted by molar-refractivity contribution is -0.681. The summed E-state index contributed by atoms with van der Waals surface area (Å²) < 4.78 is 7.51. The van der Waals surface area contributed by atoms with Crippen LogP contribution in [0, 0.1) is 0 Å². The van der Waals surface area contributed by atoms with Crippen molar-refractivity contribution < 1.29 is 14.0 Å². The first kappa shape index (κ1) is 13.1. The molecule has 1 aliphatic rings. The maximum atomic E-state index is 11.8. The van der Waals surface area contributed by atoms with Crippen molar-refractivity contribution in [3.8, 4) is 0 Å². The Kier molecular flexibility index (Phi) is 4.59. The van der Waals surface area contributed by atoms with Gasteiger partial charge in [-0.2, -0.15) is 9.79 Å². The lowest BCUT2D eigenvalue weighted by atomic mass is 10.6. The molecule has 0 fully saturated rings. The minimum Gasteiger partial charge on any atom is -0.420 e. The molecule has 1 heterocycles. The molecule has 4 nitrogen and oxygen atoms in total. The molecule has 1 aliphatic heterocycles. The van der Waals surface area contributed by atoms with Crippen molar-refractivity contribution in [1.29, 1.82) is 0 Å². The fourth-order valence-corrected chi connectivity index (χ4v) is 3.76. The zero-order valence-electron chi connectivity index (χ0n) is 7.55. The molecule has 7 heteroatoms. The molecule has 1 amide bonds. The maximum absolute atomic E-state index is 11.8. The van der Waals surface area contributed by atoms with Gasteiger partial charge in [0.1, 0.15) is 0 Å². The molecule has 1 rings (SSSR count). The molecule has 1 unspecified atom stereocenters. The van der Waals surface area contributed by atoms with Gasteiger partial charge in [0, 0.05) is 22.6 Å². The van der Waals surface area contributed by atoms with Gasteiger partial charge < -0.3 is 4.74 Å². The van der Waals surface area contributed by atoms with Crippen LogP contribution in [0.3, 0.4) is 0 Å². The first-order chi connectivity index (χ1) is 6.44. The summed E-state index contributed by atoms with van der Waals surface area (Å²) in [6, 6.07) is 0. The summed E-state index contributed by atoms with van der Waals surface area (Å²) in [5.41, 5.74) is 0. The van der Waals surface area contributed by atoms with Crippen LogP contribution >= 0.6 is 67.8 Å². The van der Waals surface area contributed by atoms with E-state index in [9.17, 15) is 4.79 Å². The Morgan fingerprint density at radius 3 is 2.43 bits per heavy atom. The normalized spacial score (nSPS) is 26.5. The number of nitrogens with zero attached hydrogens (tertiary/aromatic N) is 2. The molecular formula is C7H8I3N2O2+. The van der Waals surface area contributed by atoms with Crippen LogP contribution in [0.1, 0.15) is 6.92 Å². The number of rotatable bonds is 1. The molecule has 0 radical (unpaired) electrons. The van der Waals surface area contributed by atoms with Crippen LogP contribution in [-0.2, 0) is 4.74 Å². The summed E-state index contributed by atoms with van der Waals surface area (Å²) >= 11 is 6.31. The fourth-order valence-electron chi connectivity index (χ4n) is 0.901. The molecule has 0 bridgehead atoms. The fraction of sp³-hybridized carbons (Fsp3) is 0.429. The maximum Gasteiger partial charge on any atom is 0.528 e. The third kappa shape index (κ3) is 2.09. The van der Waals surface area contributed by atoms with Crippen LogP contribution in [0.5, 0.6) is 0 Å². The van der Waals surface area contributed by atoms with E-state index in [0.717, 1.165) is 11.2 Å². The average molecular weight is 533 g/mol. The van der Waals surface area contributed by atoms with Crippen molar-refractivity contribution in [3.63, 3.8) is 0 Å². The number of quaternary nitrogens is 1. The highest BCUT2D eigenvalue weighted by atomic mass is 127. The second-order valence-corrected chi connectivity index (χ2v) is 5.68. The van der Waals surface area contributed by atoms with E-state index in [1.165, 1.54) is 0 Å². The third-order valence-corrected chi connectivity index (χ3v) is 6.22. The van der Waals surface area contributed by atoms with Gasteiger partial charge in [0.05, 0.1) is 36.2 Å². The number of ether oxygens (including phenoxy) is 1. The van der Waals surface area contributed by atoms with Gasteiger partial charge in [0.2, 0.25) is 3.70 Å². The molecule has 1 atom stereocenters. The Hall–Kier alpha value is 1.03. The zero-order valence-corrected chi connectivity index (χ0v) is 14.0. The molecule has 78 valence electrons. The Bertz CT molecular complexity index is 340. The van der Waals surface area contributed by atoms with Crippen LogP contribution < -0.4 is 0 Å². The molecule has 0 aromatic heterocycles. The second kappa shape index (κ2) is 4.91. The Morgan fingerprint density at radius 1 is 1.50 bits per heavy atom. The minimum atomic E-state index is -0.281. The van der Waals surface area contributed by atoms with Crippen molar-refractivity contribution in [2.75, 3.05) is 13.7 Å². The number of aliphatic imine (C=N–C) groups is 1. The highest BCUT2D eigenvalue weighted by molar-refractivity contribution is 14.1. The summed E-state index contributed by atoms with van der Waals surface area (Å²) in [5, 5.41) is 0. The molecule has 0 saturated heterocycles. The van der Waals surface area contributed by atoms with E-state index in [-0.39, 0.29) is 10.6 Å². The van der Waals surface area contributed by atoms with E-state index in [1.54, 1.807) is 14.0 Å². The highest BCUT2D eigenvalue weighted by Gasteiger charge is 2.48. The summed E-state index contributed by atoms with van der Waals surface area (Å²) in [6.45, 7) is 2.18. The number of amides is 1. The molecule has 14 heavy (non-hydrogen) atoms. The van der Waals surface area contributed by atoms with E-state index in [4.69, 9.17) is 4.74 Å². The van der Waals surface area contributed by atoms with Crippen LogP contribution in [0.4, 0.5) is 4.79 Å². The SMILES string of the molecule is CCOC(=O)[N+]1(C)C(I)=NC(I)=C1I. The van der Waals surface area contributed by atoms with Gasteiger partial charge in [0.25, 0.3) is 3.84 Å². The van der Waals surface area contributed by atoms with E-state index in [0.29, 0.717) is 6.61 Å². The standard InChI is InChI=1S/C7H8I3N2O2/c1-3-14-7(13)12(2)5(9)4(8)11-6(12)10/h3H2,1-2H3/q+1. The van der Waals surface area contributed by atoms with Crippen LogP contribution in [0.25, 0.3) is 0 Å². The predicted octanol–water partition coefficient (Wildman–Crippen LogP) is 3.39. The number of carbonyl (C=O) groups excluding carboxylic acids is 1. The summed E-state index contributed by atoms with van der Waals surface area (Å²) in [7, 11) is 1.79. The van der Waals surface area contributed by atoms with Crippen molar-refractivity contribution in [2.45, 2.75) is 6.92 Å². The Labute approximate surface area is 123 Å². The molecule has 0 aliphatic carbocycles. The van der Waals surface area contributed by atoms with E-state index in [1.807, 2.05) is 0 Å². The quantitative estimate of drug-likeness (QED) is 0.295. The van der Waals surface area contributed by atoms with Gasteiger partial charge in [-0.25, -0.2) is 0 Å². The van der Waals surface area contributed by atoms with E-state index < -0.39 is 0 Å². The molecule has 0 aromatic rings. The van der Waals surface area contributed by atoms with E-state index in [2.05, 4.69) is 72.8 Å². The molecule has 0 N–H and O–H groups in total. The van der Waals surface area contributed by atoms with E-state index >= 15 is 0 Å². The second-order valence-electron chi connectivity index (χ2n) is 2.67. The van der Waals surface area contributed by atoms with Crippen LogP contribution in [0.2, 0.25) is 0 Å². The monoisotopic (exact) mass is 533 g/mol. The molecule has 0 saturated carbocycles. The van der Waals surface area contributed by atoms with Crippen molar-refractivity contribution in [2.24, 2.45) is 4.99 Å². The van der Waals surface area contributed by atoms with Gasteiger partial charge in [-0.05, 0) is 29.5 Å². The third-order valence-electron chi connectivity index (χ3n) is 1.76. The first-order valence-electron chi connectivity index (χ1n) is 3.79. The highest BCUT2D eigenvalue weighted by Crippen LogP contribution is 2.38. The van der Waals surface area contributed by atoms with Crippen LogP contribution in [-0.4, -0.2) is 28.1 Å². The summed E-state index contributed by atoms with van der Waals surface area (Å²) in [6.07, 6.45) is -0.281. The van der Waals surface area contributed by atoms with Gasteiger partial charge in [-0.3, -0.25) is 0 Å². The number of halogens is 3. The van der Waals surface area contributed by atoms with Crippen molar-refractivity contribution in [1.82, 2.24) is 0 Å². The van der Waals surface area contributed by atoms with Gasteiger partial charge in [-0.1, -0.05) is 0 Å². The average Bonchev–Trinajstić information content (AvgIpc) is 2.32. The Morgan fingerprint density at radius 2 is 2.07 bits per heavy atom. The predicted molar refractivity (Wildman–Crippen MR) is 79.7 cm³/mol. The lowest BCUT2D eigenvalue weighted by Gasteiger charge is -2.22. The molecule has 0 spiro atoms. The van der Waals surface area contributed by atoms with Gasteiger partial charge in [0.15, 0.2) is 3.70 Å². The van der Waals surface area contributed by atoms with Crippen LogP contribution in [0.15, 0.2) is 12.4 Å². The van der Waals surface area contributed by atoms with Crippen molar-refractivity contribution in [3.05, 3.63) is 7.41 Å². The van der Waals surface area contributed by atoms with Crippen molar-refractivity contribution >= 4 is 77.7 Å². The lowest BCUT2D eigenvalue weighted by Crippen LogP contribution is -2.47. The number of hydrogen-bond donors (Lipinski definition) is 0. The zero-order chi connectivity index (χ0) is 10.9. The summed E-state index contributed by atoms with van der Waals surface area (Å²) in [4.78, 5) is 16.0. The Balaban J connectivity index is 3.06. The number of hydrogen-bond acceptors (Lipinski definition) is 3. The minimum absolute atomic E-state index is 0.0350. The molecule has 0 aromatic carbocycles. The largest absolute Gasteiger partial charge is 0.528 e. The smallest absolute Gasteiger partial charge is 0.420 e. The molecular weight excluding hydrogens is 525 g/mol. The number of amidine groups is 1. The van der Waals surface area contributed by atoms with Gasteiger partial charge in [-0.15, -0.1) is 4.48 Å². The van der Waals surface area contributed by atoms with Gasteiger partial charge >= 0.3 is 6.09 Å². The number of carbonyl (C=O) groups is 1.